The van der Waals surface area contributed by atoms with Crippen molar-refractivity contribution in [2.45, 2.75) is 12.5 Å². The maximum Gasteiger partial charge on any atom is 0.385 e. The van der Waals surface area contributed by atoms with E-state index in [0.717, 1.165) is 0 Å². The first-order chi connectivity index (χ1) is 9.93. The molecule has 114 valence electrons. The van der Waals surface area contributed by atoms with Gasteiger partial charge < -0.3 is 10.2 Å². The molecule has 10 nitrogen and oxygen atoms in total. The van der Waals surface area contributed by atoms with Crippen molar-refractivity contribution in [3.05, 3.63) is 23.8 Å². The van der Waals surface area contributed by atoms with Gasteiger partial charge in [-0.15, -0.1) is 0 Å². The number of aliphatic hydroxyl groups excluding tert-OH is 2. The fourth-order valence-corrected chi connectivity index (χ4v) is 1.12. The first-order valence-corrected chi connectivity index (χ1v) is 5.48. The van der Waals surface area contributed by atoms with Gasteiger partial charge in [0.1, 0.15) is 0 Å². The number of hydrogen-bond acceptors (Lipinski definition) is 10. The van der Waals surface area contributed by atoms with Crippen molar-refractivity contribution in [3.8, 4) is 0 Å². The third kappa shape index (κ3) is 5.42. The fraction of sp³-hybridized carbons (Fsp3) is 0.273. The van der Waals surface area contributed by atoms with Crippen LogP contribution in [-0.4, -0.2) is 46.8 Å². The molecule has 0 saturated carbocycles. The molecular weight excluding hydrogens is 292 g/mol. The minimum Gasteiger partial charge on any atom is -0.396 e. The van der Waals surface area contributed by atoms with E-state index in [0.29, 0.717) is 18.2 Å². The number of carbonyl (C=O) groups excluding carboxylic acids is 4. The zero-order valence-corrected chi connectivity index (χ0v) is 10.4. The summed E-state index contributed by atoms with van der Waals surface area (Å²) in [5, 5.41) is 18.3. The second-order valence-corrected chi connectivity index (χ2v) is 3.54. The lowest BCUT2D eigenvalue weighted by molar-refractivity contribution is -0.254. The van der Waals surface area contributed by atoms with Crippen LogP contribution in [0.3, 0.4) is 0 Å². The summed E-state index contributed by atoms with van der Waals surface area (Å²) >= 11 is 0. The molecule has 0 radical (unpaired) electrons. The number of hydrogen-bond donors (Lipinski definition) is 2. The summed E-state index contributed by atoms with van der Waals surface area (Å²) in [6.07, 6.45) is -0.311. The normalized spacial score (nSPS) is 22.3. The van der Waals surface area contributed by atoms with E-state index in [1.807, 2.05) is 0 Å². The summed E-state index contributed by atoms with van der Waals surface area (Å²) in [4.78, 5) is 60.9. The zero-order chi connectivity index (χ0) is 15.8. The molecule has 0 aromatic heterocycles. The molecule has 1 rings (SSSR count). The molecule has 0 aromatic carbocycles. The van der Waals surface area contributed by atoms with Crippen molar-refractivity contribution in [1.82, 2.24) is 0 Å². The molecule has 0 saturated heterocycles. The smallest absolute Gasteiger partial charge is 0.385 e. The Bertz CT molecular complexity index is 503. The van der Waals surface area contributed by atoms with Crippen molar-refractivity contribution in [3.63, 3.8) is 0 Å². The summed E-state index contributed by atoms with van der Waals surface area (Å²) in [5.74, 6) is -5.07. The molecule has 0 aliphatic carbocycles. The highest BCUT2D eigenvalue weighted by molar-refractivity contribution is 5.98. The monoisotopic (exact) mass is 302 g/mol. The Hall–Kier alpha value is -2.72. The Morgan fingerprint density at radius 3 is 2.00 bits per heavy atom. The molecule has 1 atom stereocenters. The van der Waals surface area contributed by atoms with Crippen LogP contribution in [0.15, 0.2) is 23.8 Å². The summed E-state index contributed by atoms with van der Waals surface area (Å²) in [6, 6.07) is 0. The molecule has 1 aliphatic heterocycles. The largest absolute Gasteiger partial charge is 0.396 e. The van der Waals surface area contributed by atoms with Crippen LogP contribution >= 0.6 is 0 Å². The van der Waals surface area contributed by atoms with Crippen molar-refractivity contribution in [1.29, 1.82) is 0 Å². The van der Waals surface area contributed by atoms with Gasteiger partial charge in [0.15, 0.2) is 0 Å². The highest BCUT2D eigenvalue weighted by Crippen LogP contribution is 2.10. The first-order valence-electron chi connectivity index (χ1n) is 5.48. The molecule has 1 heterocycles. The second kappa shape index (κ2) is 7.77. The summed E-state index contributed by atoms with van der Waals surface area (Å²) in [6.45, 7) is -0.502. The SMILES string of the molecule is O=C1/C=C\C(=O)OOC(=O)/C(C(O)CCO)=C/C(=O)OO1. The predicted octanol–water partition coefficient (Wildman–Crippen LogP) is -1.77. The van der Waals surface area contributed by atoms with E-state index < -0.39 is 42.2 Å². The maximum absolute atomic E-state index is 11.6. The Morgan fingerprint density at radius 2 is 1.43 bits per heavy atom. The average Bonchev–Trinajstić information content (AvgIpc) is 2.45. The Balaban J connectivity index is 2.98. The fourth-order valence-electron chi connectivity index (χ4n) is 1.12. The zero-order valence-electron chi connectivity index (χ0n) is 10.4. The van der Waals surface area contributed by atoms with Gasteiger partial charge >= 0.3 is 23.9 Å². The van der Waals surface area contributed by atoms with Crippen LogP contribution in [0.4, 0.5) is 0 Å². The molecule has 21 heavy (non-hydrogen) atoms. The van der Waals surface area contributed by atoms with Gasteiger partial charge in [0.2, 0.25) is 0 Å². The Morgan fingerprint density at radius 1 is 0.905 bits per heavy atom. The van der Waals surface area contributed by atoms with Crippen molar-refractivity contribution >= 4 is 23.9 Å². The van der Waals surface area contributed by atoms with Gasteiger partial charge in [-0.3, -0.25) is 0 Å². The molecule has 0 bridgehead atoms. The van der Waals surface area contributed by atoms with E-state index in [9.17, 15) is 24.3 Å². The topological polar surface area (TPSA) is 146 Å². The summed E-state index contributed by atoms with van der Waals surface area (Å²) in [5.41, 5.74) is -0.664. The van der Waals surface area contributed by atoms with Crippen molar-refractivity contribution in [2.75, 3.05) is 6.61 Å². The van der Waals surface area contributed by atoms with E-state index in [2.05, 4.69) is 19.6 Å². The summed E-state index contributed by atoms with van der Waals surface area (Å²) < 4.78 is 0. The molecule has 0 aromatic rings. The van der Waals surface area contributed by atoms with E-state index >= 15 is 0 Å². The number of carbonyl (C=O) groups is 4. The molecule has 10 heteroatoms. The number of rotatable bonds is 3. The van der Waals surface area contributed by atoms with Crippen LogP contribution in [0.25, 0.3) is 0 Å². The van der Waals surface area contributed by atoms with Crippen molar-refractivity contribution < 1.29 is 48.9 Å². The molecule has 0 spiro atoms. The number of aliphatic hydroxyl groups is 2. The van der Waals surface area contributed by atoms with Gasteiger partial charge in [0.05, 0.1) is 11.7 Å². The van der Waals surface area contributed by atoms with Crippen LogP contribution in [-0.2, 0) is 38.7 Å². The quantitative estimate of drug-likeness (QED) is 0.574. The molecule has 1 aliphatic rings. The van der Waals surface area contributed by atoms with E-state index in [4.69, 9.17) is 5.11 Å². The second-order valence-electron chi connectivity index (χ2n) is 3.54. The molecule has 0 amide bonds. The van der Waals surface area contributed by atoms with Gasteiger partial charge in [-0.25, -0.2) is 38.7 Å². The van der Waals surface area contributed by atoms with Crippen molar-refractivity contribution in [2.24, 2.45) is 0 Å². The van der Waals surface area contributed by atoms with E-state index in [1.165, 1.54) is 0 Å². The van der Waals surface area contributed by atoms with Crippen LogP contribution in [0, 0.1) is 0 Å². The molecule has 2 N–H and O–H groups in total. The van der Waals surface area contributed by atoms with E-state index in [-0.39, 0.29) is 6.42 Å². The lowest BCUT2D eigenvalue weighted by Crippen LogP contribution is -2.24. The Kier molecular flexibility index (Phi) is 6.04. The van der Waals surface area contributed by atoms with E-state index in [1.54, 1.807) is 0 Å². The van der Waals surface area contributed by atoms with Crippen LogP contribution in [0.2, 0.25) is 0 Å². The van der Waals surface area contributed by atoms with Gasteiger partial charge in [0.25, 0.3) is 0 Å². The van der Waals surface area contributed by atoms with Gasteiger partial charge in [-0.05, 0) is 0 Å². The van der Waals surface area contributed by atoms with Crippen LogP contribution in [0.5, 0.6) is 0 Å². The standard InChI is InChI=1S/C11H10O10/c12-4-3-7(13)6-5-10(16)20-18-8(14)1-2-9(15)19-21-11(6)17/h1-2,5,7,12-13H,3-4H2/b2-1-,6-5+. The molecular formula is C11H10O10. The highest BCUT2D eigenvalue weighted by atomic mass is 17.2. The van der Waals surface area contributed by atoms with Gasteiger partial charge in [-0.2, -0.15) is 0 Å². The third-order valence-corrected chi connectivity index (χ3v) is 2.03. The Labute approximate surface area is 117 Å². The minimum absolute atomic E-state index is 0.304. The molecule has 1 unspecified atom stereocenters. The van der Waals surface area contributed by atoms with Crippen LogP contribution in [0.1, 0.15) is 6.42 Å². The maximum atomic E-state index is 11.6. The molecule has 0 fully saturated rings. The summed E-state index contributed by atoms with van der Waals surface area (Å²) in [7, 11) is 0. The van der Waals surface area contributed by atoms with Gasteiger partial charge in [0, 0.05) is 31.3 Å². The average molecular weight is 302 g/mol. The lowest BCUT2D eigenvalue weighted by Gasteiger charge is -2.11. The van der Waals surface area contributed by atoms with Crippen LogP contribution < -0.4 is 0 Å². The minimum atomic E-state index is -1.59. The first kappa shape index (κ1) is 16.3. The lowest BCUT2D eigenvalue weighted by atomic mass is 10.1. The predicted molar refractivity (Wildman–Crippen MR) is 59.3 cm³/mol. The highest BCUT2D eigenvalue weighted by Gasteiger charge is 2.25. The third-order valence-electron chi connectivity index (χ3n) is 2.03. The van der Waals surface area contributed by atoms with Gasteiger partial charge in [-0.1, -0.05) is 0 Å².